The first-order chi connectivity index (χ1) is 9.44. The number of rotatable bonds is 7. The van der Waals surface area contributed by atoms with Crippen LogP contribution in [0.5, 0.6) is 0 Å². The zero-order valence-corrected chi connectivity index (χ0v) is 11.8. The van der Waals surface area contributed by atoms with Crippen LogP contribution in [0.25, 0.3) is 0 Å². The molecule has 20 heavy (non-hydrogen) atoms. The van der Waals surface area contributed by atoms with Gasteiger partial charge in [0.25, 0.3) is 5.91 Å². The van der Waals surface area contributed by atoms with E-state index in [2.05, 4.69) is 15.6 Å². The van der Waals surface area contributed by atoms with Crippen LogP contribution in [0.2, 0.25) is 0 Å². The second-order valence-corrected chi connectivity index (χ2v) is 4.96. The van der Waals surface area contributed by atoms with E-state index in [4.69, 9.17) is 0 Å². The molecule has 0 bridgehead atoms. The molecule has 0 aliphatic heterocycles. The quantitative estimate of drug-likeness (QED) is 0.600. The zero-order valence-electron chi connectivity index (χ0n) is 11.0. The van der Waals surface area contributed by atoms with Crippen molar-refractivity contribution >= 4 is 17.7 Å². The third kappa shape index (κ3) is 6.25. The first-order valence-corrected chi connectivity index (χ1v) is 6.95. The number of hydrogen-bond acceptors (Lipinski definition) is 4. The highest BCUT2D eigenvalue weighted by molar-refractivity contribution is 8.00. The Morgan fingerprint density at radius 1 is 1.35 bits per heavy atom. The Hall–Kier alpha value is -1.28. The highest BCUT2D eigenvalue weighted by Crippen LogP contribution is 2.37. The van der Waals surface area contributed by atoms with E-state index in [0.29, 0.717) is 13.1 Å². The molecule has 0 aromatic carbocycles. The molecule has 4 nitrogen and oxygen atoms in total. The highest BCUT2D eigenvalue weighted by atomic mass is 32.2. The largest absolute Gasteiger partial charge is 0.447 e. The van der Waals surface area contributed by atoms with Crippen LogP contribution < -0.4 is 10.6 Å². The lowest BCUT2D eigenvalue weighted by Gasteiger charge is -2.10. The van der Waals surface area contributed by atoms with Crippen molar-refractivity contribution in [3.63, 3.8) is 0 Å². The second-order valence-electron chi connectivity index (χ2n) is 3.91. The van der Waals surface area contributed by atoms with Crippen LogP contribution in [0.4, 0.5) is 13.2 Å². The van der Waals surface area contributed by atoms with Crippen LogP contribution in [0.15, 0.2) is 23.4 Å². The number of thioether (sulfide) groups is 1. The van der Waals surface area contributed by atoms with E-state index < -0.39 is 11.4 Å². The van der Waals surface area contributed by atoms with E-state index in [1.54, 1.807) is 0 Å². The molecule has 1 aromatic rings. The summed E-state index contributed by atoms with van der Waals surface area (Å²) in [6.45, 7) is 3.77. The minimum absolute atomic E-state index is 0.0645. The van der Waals surface area contributed by atoms with Gasteiger partial charge in [-0.25, -0.2) is 4.98 Å². The van der Waals surface area contributed by atoms with E-state index in [-0.39, 0.29) is 22.4 Å². The van der Waals surface area contributed by atoms with E-state index in [9.17, 15) is 18.0 Å². The first-order valence-electron chi connectivity index (χ1n) is 6.13. The maximum atomic E-state index is 12.4. The van der Waals surface area contributed by atoms with Gasteiger partial charge in [-0.2, -0.15) is 13.2 Å². The predicted molar refractivity (Wildman–Crippen MR) is 71.6 cm³/mol. The number of amides is 1. The van der Waals surface area contributed by atoms with Gasteiger partial charge in [-0.1, -0.05) is 6.92 Å². The number of carbonyl (C=O) groups is 1. The van der Waals surface area contributed by atoms with E-state index in [1.165, 1.54) is 18.3 Å². The van der Waals surface area contributed by atoms with Crippen molar-refractivity contribution in [1.82, 2.24) is 15.6 Å². The van der Waals surface area contributed by atoms with Gasteiger partial charge in [0.2, 0.25) is 0 Å². The van der Waals surface area contributed by atoms with Gasteiger partial charge in [-0.05, 0) is 25.1 Å². The lowest BCUT2D eigenvalue weighted by molar-refractivity contribution is -0.0329. The van der Waals surface area contributed by atoms with Gasteiger partial charge < -0.3 is 10.6 Å². The number of halogens is 3. The first kappa shape index (κ1) is 16.8. The maximum absolute atomic E-state index is 12.4. The van der Waals surface area contributed by atoms with Crippen molar-refractivity contribution in [3.8, 4) is 0 Å². The molecule has 0 saturated heterocycles. The summed E-state index contributed by atoms with van der Waals surface area (Å²) in [7, 11) is 0. The molecule has 0 radical (unpaired) electrons. The normalized spacial score (nSPS) is 11.4. The molecular weight excluding hydrogens is 291 g/mol. The van der Waals surface area contributed by atoms with Gasteiger partial charge in [-0.3, -0.25) is 4.79 Å². The van der Waals surface area contributed by atoms with Crippen molar-refractivity contribution in [2.75, 3.05) is 19.6 Å². The predicted octanol–water partition coefficient (Wildman–Crippen LogP) is 2.42. The number of aromatic nitrogens is 1. The molecular formula is C12H16F3N3OS. The fourth-order valence-corrected chi connectivity index (χ4v) is 2.02. The Labute approximate surface area is 119 Å². The Bertz CT molecular complexity index is 440. The van der Waals surface area contributed by atoms with Crippen LogP contribution >= 0.6 is 11.8 Å². The van der Waals surface area contributed by atoms with E-state index >= 15 is 0 Å². The molecule has 0 aliphatic rings. The fourth-order valence-electron chi connectivity index (χ4n) is 1.42. The summed E-state index contributed by atoms with van der Waals surface area (Å²) in [6.07, 6.45) is 2.20. The number of nitrogens with zero attached hydrogens (tertiary/aromatic N) is 1. The van der Waals surface area contributed by atoms with Crippen molar-refractivity contribution in [2.24, 2.45) is 0 Å². The number of pyridine rings is 1. The van der Waals surface area contributed by atoms with Gasteiger partial charge in [0, 0.05) is 31.0 Å². The average molecular weight is 307 g/mol. The number of alkyl halides is 3. The van der Waals surface area contributed by atoms with Crippen LogP contribution in [-0.4, -0.2) is 36.0 Å². The van der Waals surface area contributed by atoms with Gasteiger partial charge in [-0.15, -0.1) is 0 Å². The van der Waals surface area contributed by atoms with Gasteiger partial charge in [0.05, 0.1) is 5.56 Å². The molecule has 0 fully saturated rings. The van der Waals surface area contributed by atoms with Gasteiger partial charge in [0.1, 0.15) is 5.03 Å². The molecule has 0 spiro atoms. The van der Waals surface area contributed by atoms with Crippen LogP contribution in [0.3, 0.4) is 0 Å². The van der Waals surface area contributed by atoms with Gasteiger partial charge >= 0.3 is 5.51 Å². The molecule has 0 aliphatic carbocycles. The topological polar surface area (TPSA) is 54.0 Å². The molecule has 2 N–H and O–H groups in total. The van der Waals surface area contributed by atoms with Gasteiger partial charge in [0.15, 0.2) is 0 Å². The molecule has 1 amide bonds. The van der Waals surface area contributed by atoms with Crippen molar-refractivity contribution in [2.45, 2.75) is 23.9 Å². The molecule has 1 rings (SSSR count). The zero-order chi connectivity index (χ0) is 15.0. The molecule has 0 saturated carbocycles. The maximum Gasteiger partial charge on any atom is 0.447 e. The van der Waals surface area contributed by atoms with Crippen LogP contribution in [-0.2, 0) is 0 Å². The Kier molecular flexibility index (Phi) is 6.80. The summed E-state index contributed by atoms with van der Waals surface area (Å²) in [4.78, 5) is 15.4. The Balaban J connectivity index is 2.59. The molecule has 8 heteroatoms. The average Bonchev–Trinajstić information content (AvgIpc) is 2.37. The number of nitrogens with one attached hydrogen (secondary N) is 2. The SMILES string of the molecule is CCCNCCNC(=O)c1cccnc1SC(F)(F)F. The summed E-state index contributed by atoms with van der Waals surface area (Å²) in [5.74, 6) is -0.553. The summed E-state index contributed by atoms with van der Waals surface area (Å²) in [5.41, 5.74) is -4.53. The minimum atomic E-state index is -4.47. The lowest BCUT2D eigenvalue weighted by atomic mass is 10.2. The lowest BCUT2D eigenvalue weighted by Crippen LogP contribution is -2.32. The third-order valence-corrected chi connectivity index (χ3v) is 2.99. The minimum Gasteiger partial charge on any atom is -0.351 e. The van der Waals surface area contributed by atoms with Crippen LogP contribution in [0.1, 0.15) is 23.7 Å². The second kappa shape index (κ2) is 8.11. The standard InChI is InChI=1S/C12H16F3N3OS/c1-2-5-16-7-8-17-10(19)9-4-3-6-18-11(9)20-12(13,14)15/h3-4,6,16H,2,5,7-8H2,1H3,(H,17,19). The molecule has 112 valence electrons. The summed E-state index contributed by atoms with van der Waals surface area (Å²) in [6, 6.07) is 2.76. The van der Waals surface area contributed by atoms with Crippen molar-refractivity contribution < 1.29 is 18.0 Å². The van der Waals surface area contributed by atoms with Crippen molar-refractivity contribution in [3.05, 3.63) is 23.9 Å². The smallest absolute Gasteiger partial charge is 0.351 e. The Morgan fingerprint density at radius 3 is 2.75 bits per heavy atom. The summed E-state index contributed by atoms with van der Waals surface area (Å²) in [5, 5.41) is 5.31. The molecule has 0 atom stereocenters. The molecule has 1 aromatic heterocycles. The van der Waals surface area contributed by atoms with Crippen LogP contribution in [0, 0.1) is 0 Å². The third-order valence-electron chi connectivity index (χ3n) is 2.24. The molecule has 1 heterocycles. The Morgan fingerprint density at radius 2 is 2.10 bits per heavy atom. The summed E-state index contributed by atoms with van der Waals surface area (Å²) < 4.78 is 37.1. The summed E-state index contributed by atoms with van der Waals surface area (Å²) >= 11 is -0.385. The van der Waals surface area contributed by atoms with E-state index in [1.807, 2.05) is 6.92 Å². The molecule has 0 unspecified atom stereocenters. The number of carbonyl (C=O) groups excluding carboxylic acids is 1. The van der Waals surface area contributed by atoms with E-state index in [0.717, 1.165) is 13.0 Å². The highest BCUT2D eigenvalue weighted by Gasteiger charge is 2.32. The fraction of sp³-hybridized carbons (Fsp3) is 0.500. The monoisotopic (exact) mass is 307 g/mol. The van der Waals surface area contributed by atoms with Crippen molar-refractivity contribution in [1.29, 1.82) is 0 Å². The number of hydrogen-bond donors (Lipinski definition) is 2.